The van der Waals surface area contributed by atoms with Crippen molar-refractivity contribution in [2.24, 2.45) is 0 Å². The quantitative estimate of drug-likeness (QED) is 0.591. The standard InChI is InChI=1S/C19H21ClN2O4/c1-11-17(13-6-8-14(20)9-7-13)15(10-16(23)25-4)12(2)21-18(11)19(24)22(3)26-5/h6-9H,10H2,1-5H3. The summed E-state index contributed by atoms with van der Waals surface area (Å²) in [6, 6.07) is 7.21. The fraction of sp³-hybridized carbons (Fsp3) is 0.316. The van der Waals surface area contributed by atoms with Gasteiger partial charge in [-0.15, -0.1) is 0 Å². The third-order valence-corrected chi connectivity index (χ3v) is 4.44. The van der Waals surface area contributed by atoms with Gasteiger partial charge in [0.25, 0.3) is 5.91 Å². The lowest BCUT2D eigenvalue weighted by atomic mass is 9.91. The topological polar surface area (TPSA) is 68.7 Å². The van der Waals surface area contributed by atoms with E-state index in [0.717, 1.165) is 16.2 Å². The van der Waals surface area contributed by atoms with Crippen LogP contribution in [0.2, 0.25) is 5.02 Å². The molecule has 1 aromatic carbocycles. The number of hydroxylamine groups is 2. The smallest absolute Gasteiger partial charge is 0.310 e. The summed E-state index contributed by atoms with van der Waals surface area (Å²) in [6.07, 6.45) is 0.0583. The van der Waals surface area contributed by atoms with E-state index in [1.165, 1.54) is 21.3 Å². The molecule has 0 saturated heterocycles. The van der Waals surface area contributed by atoms with Crippen LogP contribution in [0.4, 0.5) is 0 Å². The minimum absolute atomic E-state index is 0.0583. The van der Waals surface area contributed by atoms with Crippen LogP contribution in [0.25, 0.3) is 11.1 Å². The molecule has 138 valence electrons. The van der Waals surface area contributed by atoms with E-state index in [4.69, 9.17) is 21.2 Å². The van der Waals surface area contributed by atoms with Crippen molar-refractivity contribution in [3.8, 4) is 11.1 Å². The molecule has 2 aromatic rings. The van der Waals surface area contributed by atoms with Crippen LogP contribution in [0.5, 0.6) is 0 Å². The summed E-state index contributed by atoms with van der Waals surface area (Å²) >= 11 is 6.00. The molecule has 26 heavy (non-hydrogen) atoms. The molecule has 0 aliphatic rings. The number of benzene rings is 1. The molecule has 0 unspecified atom stereocenters. The highest BCUT2D eigenvalue weighted by Crippen LogP contribution is 2.32. The molecular formula is C19H21ClN2O4. The van der Waals surface area contributed by atoms with E-state index >= 15 is 0 Å². The van der Waals surface area contributed by atoms with Crippen molar-refractivity contribution in [2.45, 2.75) is 20.3 Å². The first-order chi connectivity index (χ1) is 12.3. The van der Waals surface area contributed by atoms with Crippen molar-refractivity contribution >= 4 is 23.5 Å². The normalized spacial score (nSPS) is 10.5. The number of carbonyl (C=O) groups excluding carboxylic acids is 2. The van der Waals surface area contributed by atoms with Gasteiger partial charge in [-0.2, -0.15) is 0 Å². The molecule has 0 fully saturated rings. The van der Waals surface area contributed by atoms with Crippen molar-refractivity contribution in [1.29, 1.82) is 0 Å². The van der Waals surface area contributed by atoms with Gasteiger partial charge < -0.3 is 4.74 Å². The summed E-state index contributed by atoms with van der Waals surface area (Å²) in [7, 11) is 4.26. The molecule has 1 amide bonds. The average Bonchev–Trinajstić information content (AvgIpc) is 2.64. The van der Waals surface area contributed by atoms with E-state index in [1.807, 2.05) is 12.1 Å². The molecule has 0 atom stereocenters. The van der Waals surface area contributed by atoms with E-state index in [0.29, 0.717) is 21.8 Å². The average molecular weight is 377 g/mol. The number of ether oxygens (including phenoxy) is 1. The second-order valence-corrected chi connectivity index (χ2v) is 6.21. The third kappa shape index (κ3) is 4.03. The van der Waals surface area contributed by atoms with E-state index in [2.05, 4.69) is 4.98 Å². The minimum atomic E-state index is -0.377. The van der Waals surface area contributed by atoms with Crippen LogP contribution < -0.4 is 0 Å². The first-order valence-electron chi connectivity index (χ1n) is 7.95. The second kappa shape index (κ2) is 8.29. The van der Waals surface area contributed by atoms with E-state index in [-0.39, 0.29) is 24.0 Å². The van der Waals surface area contributed by atoms with Crippen molar-refractivity contribution in [2.75, 3.05) is 21.3 Å². The summed E-state index contributed by atoms with van der Waals surface area (Å²) in [5.41, 5.74) is 3.83. The van der Waals surface area contributed by atoms with Gasteiger partial charge >= 0.3 is 5.97 Å². The van der Waals surface area contributed by atoms with Crippen LogP contribution in [0, 0.1) is 13.8 Å². The highest BCUT2D eigenvalue weighted by molar-refractivity contribution is 6.30. The van der Waals surface area contributed by atoms with Crippen LogP contribution in [0.1, 0.15) is 27.3 Å². The van der Waals surface area contributed by atoms with Gasteiger partial charge in [-0.3, -0.25) is 14.4 Å². The number of hydrogen-bond acceptors (Lipinski definition) is 5. The number of esters is 1. The summed E-state index contributed by atoms with van der Waals surface area (Å²) in [5.74, 6) is -0.745. The van der Waals surface area contributed by atoms with Gasteiger partial charge in [-0.05, 0) is 48.2 Å². The number of aryl methyl sites for hydroxylation is 1. The number of aromatic nitrogens is 1. The van der Waals surface area contributed by atoms with Gasteiger partial charge in [0.2, 0.25) is 0 Å². The molecule has 1 aromatic heterocycles. The molecule has 0 N–H and O–H groups in total. The Kier molecular flexibility index (Phi) is 6.34. The molecule has 0 aliphatic carbocycles. The summed E-state index contributed by atoms with van der Waals surface area (Å²) < 4.78 is 4.81. The van der Waals surface area contributed by atoms with Crippen LogP contribution in [0.15, 0.2) is 24.3 Å². The number of pyridine rings is 1. The van der Waals surface area contributed by atoms with Crippen LogP contribution >= 0.6 is 11.6 Å². The van der Waals surface area contributed by atoms with E-state index in [1.54, 1.807) is 26.0 Å². The maximum atomic E-state index is 12.6. The summed E-state index contributed by atoms with van der Waals surface area (Å²) in [6.45, 7) is 3.56. The molecule has 2 rings (SSSR count). The molecule has 7 heteroatoms. The van der Waals surface area contributed by atoms with Gasteiger partial charge in [0.15, 0.2) is 0 Å². The zero-order chi connectivity index (χ0) is 19.4. The Morgan fingerprint density at radius 3 is 2.31 bits per heavy atom. The number of halogens is 1. The lowest BCUT2D eigenvalue weighted by molar-refractivity contribution is -0.139. The highest BCUT2D eigenvalue weighted by atomic mass is 35.5. The van der Waals surface area contributed by atoms with Crippen LogP contribution in [-0.2, 0) is 20.8 Å². The third-order valence-electron chi connectivity index (χ3n) is 4.19. The fourth-order valence-corrected chi connectivity index (χ4v) is 2.85. The van der Waals surface area contributed by atoms with Gasteiger partial charge in [0.05, 0.1) is 20.6 Å². The zero-order valence-electron chi connectivity index (χ0n) is 15.4. The Morgan fingerprint density at radius 1 is 1.15 bits per heavy atom. The lowest BCUT2D eigenvalue weighted by Crippen LogP contribution is -2.28. The van der Waals surface area contributed by atoms with Gasteiger partial charge in [0.1, 0.15) is 5.69 Å². The number of rotatable bonds is 5. The first-order valence-corrected chi connectivity index (χ1v) is 8.32. The molecule has 0 aliphatic heterocycles. The maximum Gasteiger partial charge on any atom is 0.310 e. The summed E-state index contributed by atoms with van der Waals surface area (Å²) in [4.78, 5) is 33.9. The maximum absolute atomic E-state index is 12.6. The van der Waals surface area contributed by atoms with E-state index in [9.17, 15) is 9.59 Å². The molecule has 0 saturated carbocycles. The number of hydrogen-bond donors (Lipinski definition) is 0. The summed E-state index contributed by atoms with van der Waals surface area (Å²) in [5, 5.41) is 1.71. The first kappa shape index (κ1) is 19.9. The van der Waals surface area contributed by atoms with Crippen molar-refractivity contribution in [3.63, 3.8) is 0 Å². The molecular weight excluding hydrogens is 356 g/mol. The number of amides is 1. The molecule has 0 spiro atoms. The molecule has 0 radical (unpaired) electrons. The van der Waals surface area contributed by atoms with Crippen LogP contribution in [-0.4, -0.2) is 43.2 Å². The van der Waals surface area contributed by atoms with Gasteiger partial charge in [0, 0.05) is 17.8 Å². The number of methoxy groups -OCH3 is 1. The van der Waals surface area contributed by atoms with Gasteiger partial charge in [-0.25, -0.2) is 10.0 Å². The van der Waals surface area contributed by atoms with Crippen molar-refractivity contribution < 1.29 is 19.2 Å². The SMILES string of the molecule is COC(=O)Cc1c(C)nc(C(=O)N(C)OC)c(C)c1-c1ccc(Cl)cc1. The monoisotopic (exact) mass is 376 g/mol. The predicted octanol–water partition coefficient (Wildman–Crippen LogP) is 3.37. The van der Waals surface area contributed by atoms with Crippen LogP contribution in [0.3, 0.4) is 0 Å². The number of carbonyl (C=O) groups is 2. The number of nitrogens with zero attached hydrogens (tertiary/aromatic N) is 2. The second-order valence-electron chi connectivity index (χ2n) is 5.77. The van der Waals surface area contributed by atoms with Crippen molar-refractivity contribution in [1.82, 2.24) is 10.0 Å². The minimum Gasteiger partial charge on any atom is -0.469 e. The van der Waals surface area contributed by atoms with Crippen molar-refractivity contribution in [3.05, 3.63) is 51.8 Å². The Hall–Kier alpha value is -2.44. The molecule has 0 bridgehead atoms. The van der Waals surface area contributed by atoms with E-state index < -0.39 is 0 Å². The fourth-order valence-electron chi connectivity index (χ4n) is 2.73. The largest absolute Gasteiger partial charge is 0.469 e. The Morgan fingerprint density at radius 2 is 1.77 bits per heavy atom. The lowest BCUT2D eigenvalue weighted by Gasteiger charge is -2.20. The zero-order valence-corrected chi connectivity index (χ0v) is 16.2. The predicted molar refractivity (Wildman–Crippen MR) is 99.0 cm³/mol. The Balaban J connectivity index is 2.73. The Labute approximate surface area is 157 Å². The molecule has 1 heterocycles. The Bertz CT molecular complexity index is 834. The highest BCUT2D eigenvalue weighted by Gasteiger charge is 2.24. The van der Waals surface area contributed by atoms with Gasteiger partial charge in [-0.1, -0.05) is 23.7 Å². The molecule has 6 nitrogen and oxygen atoms in total.